The van der Waals surface area contributed by atoms with E-state index in [4.69, 9.17) is 4.74 Å². The highest BCUT2D eigenvalue weighted by Crippen LogP contribution is 2.34. The molecule has 0 amide bonds. The normalized spacial score (nSPS) is 10.6. The van der Waals surface area contributed by atoms with Crippen LogP contribution in [0.2, 0.25) is 0 Å². The highest BCUT2D eigenvalue weighted by molar-refractivity contribution is 7.09. The zero-order chi connectivity index (χ0) is 15.5. The molecule has 0 saturated carbocycles. The Morgan fingerprint density at radius 3 is 2.73 bits per heavy atom. The highest BCUT2D eigenvalue weighted by Gasteiger charge is 2.21. The minimum Gasteiger partial charge on any atom is -0.461 e. The maximum Gasteiger partial charge on any atom is 0.361 e. The molecule has 3 aromatic rings. The van der Waals surface area contributed by atoms with Gasteiger partial charge in [0, 0.05) is 11.1 Å². The van der Waals surface area contributed by atoms with Crippen molar-refractivity contribution in [3.8, 4) is 21.7 Å². The summed E-state index contributed by atoms with van der Waals surface area (Å²) in [5.41, 5.74) is 3.42. The van der Waals surface area contributed by atoms with Gasteiger partial charge in [0.05, 0.1) is 17.2 Å². The molecule has 1 aromatic carbocycles. The fourth-order valence-corrected chi connectivity index (χ4v) is 2.95. The van der Waals surface area contributed by atoms with Crippen LogP contribution in [0.3, 0.4) is 0 Å². The number of carbonyl (C=O) groups excluding carboxylic acids is 1. The monoisotopic (exact) mass is 314 g/mol. The van der Waals surface area contributed by atoms with E-state index < -0.39 is 5.97 Å². The summed E-state index contributed by atoms with van der Waals surface area (Å²) in [5.74, 6) is -0.485. The van der Waals surface area contributed by atoms with Crippen LogP contribution in [0.4, 0.5) is 0 Å². The maximum atomic E-state index is 12.0. The lowest BCUT2D eigenvalue weighted by atomic mass is 10.0. The first-order valence-corrected chi connectivity index (χ1v) is 7.59. The second-order valence-electron chi connectivity index (χ2n) is 4.62. The third-order valence-corrected chi connectivity index (χ3v) is 4.01. The van der Waals surface area contributed by atoms with Crippen molar-refractivity contribution >= 4 is 17.5 Å². The topological polar surface area (TPSA) is 80.8 Å². The molecule has 0 aliphatic heterocycles. The molecular formula is C15H14N4O2S. The quantitative estimate of drug-likeness (QED) is 0.748. The van der Waals surface area contributed by atoms with Crippen LogP contribution in [0.5, 0.6) is 0 Å². The molecule has 22 heavy (non-hydrogen) atoms. The Labute approximate surface area is 131 Å². The Morgan fingerprint density at radius 1 is 1.27 bits per heavy atom. The van der Waals surface area contributed by atoms with E-state index in [2.05, 4.69) is 19.8 Å². The van der Waals surface area contributed by atoms with Crippen LogP contribution in [-0.2, 0) is 4.74 Å². The van der Waals surface area contributed by atoms with Gasteiger partial charge in [0.15, 0.2) is 5.69 Å². The van der Waals surface area contributed by atoms with Gasteiger partial charge < -0.3 is 4.74 Å². The number of hydrogen-bond acceptors (Lipinski definition) is 6. The van der Waals surface area contributed by atoms with Crippen molar-refractivity contribution in [2.45, 2.75) is 13.8 Å². The zero-order valence-corrected chi connectivity index (χ0v) is 13.0. The number of rotatable bonds is 4. The molecule has 0 aliphatic rings. The fraction of sp³-hybridized carbons (Fsp3) is 0.200. The zero-order valence-electron chi connectivity index (χ0n) is 12.2. The summed E-state index contributed by atoms with van der Waals surface area (Å²) in [5, 5.41) is 10.6. The van der Waals surface area contributed by atoms with Crippen LogP contribution in [-0.4, -0.2) is 32.4 Å². The molecule has 7 heteroatoms. The van der Waals surface area contributed by atoms with Gasteiger partial charge in [-0.3, -0.25) is 0 Å². The van der Waals surface area contributed by atoms with Crippen LogP contribution in [0.25, 0.3) is 21.7 Å². The standard InChI is InChI=1S/C15H14N4O2S/c1-3-21-15(20)14-13(16-19-17-14)11-7-5-4-6-10(11)12-8-9(2)18-22-12/h4-8H,3H2,1-2H3,(H,16,17,19). The first kappa shape index (κ1) is 14.4. The highest BCUT2D eigenvalue weighted by atomic mass is 32.1. The second kappa shape index (κ2) is 6.07. The van der Waals surface area contributed by atoms with E-state index in [0.717, 1.165) is 21.7 Å². The van der Waals surface area contributed by atoms with E-state index in [9.17, 15) is 4.79 Å². The number of aromatic nitrogens is 4. The molecule has 0 atom stereocenters. The number of H-pyrrole nitrogens is 1. The molecule has 0 fully saturated rings. The molecule has 2 heterocycles. The molecule has 6 nitrogen and oxygen atoms in total. The number of nitrogens with one attached hydrogen (secondary N) is 1. The summed E-state index contributed by atoms with van der Waals surface area (Å²) in [6.07, 6.45) is 0. The number of esters is 1. The third kappa shape index (κ3) is 2.62. The molecule has 0 spiro atoms. The summed E-state index contributed by atoms with van der Waals surface area (Å²) >= 11 is 1.41. The Morgan fingerprint density at radius 2 is 2.05 bits per heavy atom. The maximum absolute atomic E-state index is 12.0. The van der Waals surface area contributed by atoms with E-state index in [0.29, 0.717) is 12.3 Å². The van der Waals surface area contributed by atoms with Crippen LogP contribution in [0, 0.1) is 6.92 Å². The van der Waals surface area contributed by atoms with E-state index in [1.165, 1.54) is 11.5 Å². The number of aryl methyl sites for hydroxylation is 1. The number of carbonyl (C=O) groups is 1. The van der Waals surface area contributed by atoms with E-state index in [-0.39, 0.29) is 5.69 Å². The Kier molecular flexibility index (Phi) is 3.97. The van der Waals surface area contributed by atoms with Gasteiger partial charge in [-0.25, -0.2) is 4.79 Å². The molecule has 2 aromatic heterocycles. The Bertz CT molecular complexity index is 809. The Hall–Kier alpha value is -2.54. The lowest BCUT2D eigenvalue weighted by molar-refractivity contribution is 0.0520. The van der Waals surface area contributed by atoms with E-state index >= 15 is 0 Å². The number of aromatic amines is 1. The fourth-order valence-electron chi connectivity index (χ4n) is 2.16. The van der Waals surface area contributed by atoms with E-state index in [1.54, 1.807) is 6.92 Å². The summed E-state index contributed by atoms with van der Waals surface area (Å²) in [4.78, 5) is 13.0. The molecule has 3 rings (SSSR count). The largest absolute Gasteiger partial charge is 0.461 e. The van der Waals surface area contributed by atoms with Crippen molar-refractivity contribution in [3.05, 3.63) is 41.7 Å². The van der Waals surface area contributed by atoms with Gasteiger partial charge in [-0.2, -0.15) is 14.7 Å². The van der Waals surface area contributed by atoms with Crippen molar-refractivity contribution < 1.29 is 9.53 Å². The number of hydrogen-bond donors (Lipinski definition) is 1. The minimum atomic E-state index is -0.485. The van der Waals surface area contributed by atoms with Gasteiger partial charge in [-0.05, 0) is 31.4 Å². The molecule has 1 N–H and O–H groups in total. The first-order chi connectivity index (χ1) is 10.7. The SMILES string of the molecule is CCOC(=O)c1n[nH]nc1-c1ccccc1-c1cc(C)ns1. The average Bonchev–Trinajstić information content (AvgIpc) is 3.16. The van der Waals surface area contributed by atoms with Crippen LogP contribution >= 0.6 is 11.5 Å². The van der Waals surface area contributed by atoms with Gasteiger partial charge in [-0.15, -0.1) is 5.10 Å². The molecule has 0 radical (unpaired) electrons. The van der Waals surface area contributed by atoms with Crippen molar-refractivity contribution in [1.29, 1.82) is 0 Å². The molecule has 0 bridgehead atoms. The smallest absolute Gasteiger partial charge is 0.361 e. The predicted molar refractivity (Wildman–Crippen MR) is 83.6 cm³/mol. The summed E-state index contributed by atoms with van der Waals surface area (Å²) in [7, 11) is 0. The van der Waals surface area contributed by atoms with Crippen molar-refractivity contribution in [3.63, 3.8) is 0 Å². The Balaban J connectivity index is 2.11. The van der Waals surface area contributed by atoms with Crippen molar-refractivity contribution in [2.24, 2.45) is 0 Å². The van der Waals surface area contributed by atoms with Crippen LogP contribution in [0.15, 0.2) is 30.3 Å². The molecular weight excluding hydrogens is 300 g/mol. The molecule has 112 valence electrons. The van der Waals surface area contributed by atoms with Crippen LogP contribution < -0.4 is 0 Å². The van der Waals surface area contributed by atoms with Gasteiger partial charge in [-0.1, -0.05) is 24.3 Å². The summed E-state index contributed by atoms with van der Waals surface area (Å²) in [6.45, 7) is 4.00. The predicted octanol–water partition coefficient (Wildman–Crippen LogP) is 3.08. The van der Waals surface area contributed by atoms with Gasteiger partial charge in [0.1, 0.15) is 5.69 Å². The molecule has 0 aliphatic carbocycles. The average molecular weight is 314 g/mol. The van der Waals surface area contributed by atoms with E-state index in [1.807, 2.05) is 37.3 Å². The summed E-state index contributed by atoms with van der Waals surface area (Å²) < 4.78 is 9.34. The van der Waals surface area contributed by atoms with Crippen molar-refractivity contribution in [1.82, 2.24) is 19.8 Å². The molecule has 0 saturated heterocycles. The van der Waals surface area contributed by atoms with Gasteiger partial charge >= 0.3 is 5.97 Å². The number of benzene rings is 1. The lowest BCUT2D eigenvalue weighted by Crippen LogP contribution is -2.07. The van der Waals surface area contributed by atoms with Crippen molar-refractivity contribution in [2.75, 3.05) is 6.61 Å². The third-order valence-electron chi connectivity index (χ3n) is 3.09. The van der Waals surface area contributed by atoms with Crippen LogP contribution in [0.1, 0.15) is 23.1 Å². The number of nitrogens with zero attached hydrogens (tertiary/aromatic N) is 3. The first-order valence-electron chi connectivity index (χ1n) is 6.81. The van der Waals surface area contributed by atoms with Gasteiger partial charge in [0.25, 0.3) is 0 Å². The number of ether oxygens (including phenoxy) is 1. The molecule has 0 unspecified atom stereocenters. The second-order valence-corrected chi connectivity index (χ2v) is 5.42. The lowest BCUT2D eigenvalue weighted by Gasteiger charge is -2.06. The summed E-state index contributed by atoms with van der Waals surface area (Å²) in [6, 6.07) is 9.73. The van der Waals surface area contributed by atoms with Gasteiger partial charge in [0.2, 0.25) is 0 Å². The minimum absolute atomic E-state index is 0.190.